The molecule has 2 N–H and O–H groups in total. The summed E-state index contributed by atoms with van der Waals surface area (Å²) in [6, 6.07) is 3.98. The van der Waals surface area contributed by atoms with Gasteiger partial charge in [-0.3, -0.25) is 0 Å². The average molecular weight is 476 g/mol. The highest BCUT2D eigenvalue weighted by atomic mass is 79.9. The third-order valence-electron chi connectivity index (χ3n) is 2.59. The number of rotatable bonds is 3. The smallest absolute Gasteiger partial charge is 0.143 e. The molecule has 0 radical (unpaired) electrons. The average Bonchev–Trinajstić information content (AvgIpc) is 2.70. The molecule has 0 fully saturated rings. The molecule has 0 aliphatic heterocycles. The molecule has 0 saturated heterocycles. The van der Waals surface area contributed by atoms with E-state index in [1.54, 1.807) is 0 Å². The Morgan fingerprint density at radius 2 is 1.84 bits per heavy atom. The molecule has 0 aliphatic rings. The minimum Gasteiger partial charge on any atom is -0.323 e. The lowest BCUT2D eigenvalue weighted by Crippen LogP contribution is -2.14. The number of hydrogen-bond acceptors (Lipinski definition) is 2. The first-order valence-electron chi connectivity index (χ1n) is 5.23. The molecular formula is C12H8Br3F2NS. The molecule has 1 nitrogen and oxygen atoms in total. The maximum absolute atomic E-state index is 13.9. The summed E-state index contributed by atoms with van der Waals surface area (Å²) < 4.78 is 29.6. The molecule has 0 saturated carbocycles. The van der Waals surface area contributed by atoms with E-state index < -0.39 is 17.7 Å². The molecule has 1 aromatic carbocycles. The second-order valence-corrected chi connectivity index (χ2v) is 8.01. The van der Waals surface area contributed by atoms with Crippen LogP contribution in [0.3, 0.4) is 0 Å². The predicted molar refractivity (Wildman–Crippen MR) is 84.4 cm³/mol. The minimum atomic E-state index is -0.592. The third kappa shape index (κ3) is 3.44. The molecule has 1 unspecified atom stereocenters. The Balaban J connectivity index is 2.28. The topological polar surface area (TPSA) is 26.0 Å². The van der Waals surface area contributed by atoms with E-state index in [1.165, 1.54) is 23.5 Å². The van der Waals surface area contributed by atoms with E-state index in [2.05, 4.69) is 47.8 Å². The van der Waals surface area contributed by atoms with Crippen LogP contribution in [0, 0.1) is 11.6 Å². The Hall–Kier alpha value is 0.180. The van der Waals surface area contributed by atoms with Gasteiger partial charge in [-0.1, -0.05) is 0 Å². The van der Waals surface area contributed by atoms with E-state index in [0.717, 1.165) is 13.1 Å². The van der Waals surface area contributed by atoms with Crippen LogP contribution in [0.4, 0.5) is 8.78 Å². The fourth-order valence-electron chi connectivity index (χ4n) is 1.62. The van der Waals surface area contributed by atoms with Crippen LogP contribution in [-0.4, -0.2) is 0 Å². The summed E-state index contributed by atoms with van der Waals surface area (Å²) in [6.07, 6.45) is 0.108. The first-order chi connectivity index (χ1) is 8.90. The monoisotopic (exact) mass is 473 g/mol. The van der Waals surface area contributed by atoms with Crippen molar-refractivity contribution in [3.05, 3.63) is 53.0 Å². The van der Waals surface area contributed by atoms with Gasteiger partial charge in [0.2, 0.25) is 0 Å². The Labute approximate surface area is 138 Å². The van der Waals surface area contributed by atoms with Gasteiger partial charge in [0.15, 0.2) is 0 Å². The second kappa shape index (κ2) is 6.30. The third-order valence-corrected chi connectivity index (χ3v) is 6.59. The summed E-state index contributed by atoms with van der Waals surface area (Å²) in [6.45, 7) is 0. The van der Waals surface area contributed by atoms with E-state index in [0.29, 0.717) is 0 Å². The van der Waals surface area contributed by atoms with Crippen molar-refractivity contribution in [3.8, 4) is 0 Å². The zero-order valence-corrected chi connectivity index (χ0v) is 15.0. The van der Waals surface area contributed by atoms with Crippen molar-refractivity contribution in [1.29, 1.82) is 0 Å². The normalized spacial score (nSPS) is 12.7. The van der Waals surface area contributed by atoms with Crippen molar-refractivity contribution < 1.29 is 8.78 Å². The summed E-state index contributed by atoms with van der Waals surface area (Å²) in [5, 5.41) is 0. The van der Waals surface area contributed by atoms with Crippen molar-refractivity contribution in [2.75, 3.05) is 0 Å². The minimum absolute atomic E-state index is 0.00233. The number of halogens is 5. The fraction of sp³-hybridized carbons (Fsp3) is 0.167. The van der Waals surface area contributed by atoms with Crippen LogP contribution < -0.4 is 5.73 Å². The Morgan fingerprint density at radius 3 is 2.42 bits per heavy atom. The quantitative estimate of drug-likeness (QED) is 0.578. The van der Waals surface area contributed by atoms with Gasteiger partial charge < -0.3 is 5.73 Å². The van der Waals surface area contributed by atoms with Gasteiger partial charge in [-0.15, -0.1) is 11.3 Å². The molecule has 2 aromatic rings. The van der Waals surface area contributed by atoms with Crippen molar-refractivity contribution in [3.63, 3.8) is 0 Å². The van der Waals surface area contributed by atoms with Crippen molar-refractivity contribution in [1.82, 2.24) is 0 Å². The van der Waals surface area contributed by atoms with Crippen LogP contribution in [0.25, 0.3) is 0 Å². The highest BCUT2D eigenvalue weighted by Gasteiger charge is 2.18. The standard InChI is InChI=1S/C12H8Br3F2NS/c13-6-1-2-8(16)5(11(6)17)3-9(18)10-4-7(14)12(15)19-10/h1-2,4,9H,3,18H2. The summed E-state index contributed by atoms with van der Waals surface area (Å²) in [4.78, 5) is 0.859. The molecular weight excluding hydrogens is 468 g/mol. The molecule has 2 rings (SSSR count). The molecule has 102 valence electrons. The van der Waals surface area contributed by atoms with Gasteiger partial charge in [-0.2, -0.15) is 0 Å². The number of benzene rings is 1. The first kappa shape index (κ1) is 15.6. The zero-order valence-electron chi connectivity index (χ0n) is 9.39. The van der Waals surface area contributed by atoms with Gasteiger partial charge in [0, 0.05) is 21.0 Å². The van der Waals surface area contributed by atoms with E-state index in [1.807, 2.05) is 6.07 Å². The van der Waals surface area contributed by atoms with E-state index in [4.69, 9.17) is 5.73 Å². The van der Waals surface area contributed by atoms with Gasteiger partial charge >= 0.3 is 0 Å². The first-order valence-corrected chi connectivity index (χ1v) is 8.42. The van der Waals surface area contributed by atoms with Crippen molar-refractivity contribution in [2.45, 2.75) is 12.5 Å². The molecule has 1 heterocycles. The van der Waals surface area contributed by atoms with Gasteiger partial charge in [-0.05, 0) is 72.4 Å². The highest BCUT2D eigenvalue weighted by Crippen LogP contribution is 2.36. The van der Waals surface area contributed by atoms with Gasteiger partial charge in [0.25, 0.3) is 0 Å². The van der Waals surface area contributed by atoms with E-state index in [-0.39, 0.29) is 16.5 Å². The van der Waals surface area contributed by atoms with Crippen molar-refractivity contribution in [2.24, 2.45) is 5.73 Å². The second-order valence-electron chi connectivity index (χ2n) is 3.90. The van der Waals surface area contributed by atoms with Crippen LogP contribution in [-0.2, 0) is 6.42 Å². The molecule has 0 amide bonds. The van der Waals surface area contributed by atoms with Gasteiger partial charge in [-0.25, -0.2) is 8.78 Å². The Bertz CT molecular complexity index is 596. The van der Waals surface area contributed by atoms with Crippen LogP contribution in [0.15, 0.2) is 30.9 Å². The molecule has 0 aliphatic carbocycles. The number of hydrogen-bond donors (Lipinski definition) is 1. The zero-order chi connectivity index (χ0) is 14.2. The van der Waals surface area contributed by atoms with Gasteiger partial charge in [0.1, 0.15) is 11.6 Å². The van der Waals surface area contributed by atoms with Crippen LogP contribution >= 0.6 is 59.1 Å². The molecule has 19 heavy (non-hydrogen) atoms. The van der Waals surface area contributed by atoms with Crippen LogP contribution in [0.2, 0.25) is 0 Å². The highest BCUT2D eigenvalue weighted by molar-refractivity contribution is 9.13. The lowest BCUT2D eigenvalue weighted by molar-refractivity contribution is 0.537. The fourth-order valence-corrected chi connectivity index (χ4v) is 4.09. The Kier molecular flexibility index (Phi) is 5.16. The molecule has 0 spiro atoms. The summed E-state index contributed by atoms with van der Waals surface area (Å²) in [5.41, 5.74) is 6.02. The van der Waals surface area contributed by atoms with Gasteiger partial charge in [0.05, 0.1) is 8.26 Å². The van der Waals surface area contributed by atoms with Crippen LogP contribution in [0.1, 0.15) is 16.5 Å². The lowest BCUT2D eigenvalue weighted by Gasteiger charge is -2.12. The molecule has 0 bridgehead atoms. The summed E-state index contributed by atoms with van der Waals surface area (Å²) >= 11 is 11.2. The van der Waals surface area contributed by atoms with Crippen molar-refractivity contribution >= 4 is 59.1 Å². The van der Waals surface area contributed by atoms with Crippen LogP contribution in [0.5, 0.6) is 0 Å². The predicted octanol–water partition coefficient (Wildman–Crippen LogP) is 5.56. The maximum Gasteiger partial charge on any atom is 0.143 e. The summed E-state index contributed by atoms with van der Waals surface area (Å²) in [7, 11) is 0. The van der Waals surface area contributed by atoms with E-state index in [9.17, 15) is 8.78 Å². The lowest BCUT2D eigenvalue weighted by atomic mass is 10.0. The molecule has 7 heteroatoms. The molecule has 1 aromatic heterocycles. The maximum atomic E-state index is 13.9. The molecule has 1 atom stereocenters. The van der Waals surface area contributed by atoms with E-state index >= 15 is 0 Å². The Morgan fingerprint density at radius 1 is 1.16 bits per heavy atom. The number of nitrogens with two attached hydrogens (primary N) is 1. The SMILES string of the molecule is NC(Cc1c(F)ccc(Br)c1F)c1cc(Br)c(Br)s1. The number of thiophene rings is 1. The summed E-state index contributed by atoms with van der Waals surface area (Å²) in [5.74, 6) is -1.17. The largest absolute Gasteiger partial charge is 0.323 e.